The normalized spacial score (nSPS) is 11.0. The molecule has 2 aromatic heterocycles. The number of hydrogen-bond donors (Lipinski definition) is 0. The van der Waals surface area contributed by atoms with Crippen molar-refractivity contribution in [2.45, 2.75) is 0 Å². The van der Waals surface area contributed by atoms with Gasteiger partial charge in [-0.3, -0.25) is 0 Å². The van der Waals surface area contributed by atoms with Gasteiger partial charge in [-0.05, 0) is 48.5 Å². The summed E-state index contributed by atoms with van der Waals surface area (Å²) in [6.07, 6.45) is 0. The number of esters is 1. The molecule has 0 aliphatic rings. The van der Waals surface area contributed by atoms with Crippen LogP contribution in [0.4, 0.5) is 4.39 Å². The lowest BCUT2D eigenvalue weighted by molar-refractivity contribution is 0.0735. The number of benzene rings is 3. The molecule has 0 unspecified atom stereocenters. The average molecular weight is 458 g/mol. The van der Waals surface area contributed by atoms with Crippen LogP contribution in [0.15, 0.2) is 91.2 Å². The van der Waals surface area contributed by atoms with Gasteiger partial charge in [0.2, 0.25) is 0 Å². The highest BCUT2D eigenvalue weighted by molar-refractivity contribution is 5.97. The number of ether oxygens (including phenoxy) is 2. The predicted molar refractivity (Wildman–Crippen MR) is 122 cm³/mol. The molecule has 0 fully saturated rings. The highest BCUT2D eigenvalue weighted by Gasteiger charge is 2.17. The minimum Gasteiger partial charge on any atom is -0.493 e. The Labute approximate surface area is 190 Å². The van der Waals surface area contributed by atoms with Gasteiger partial charge in [0, 0.05) is 28.5 Å². The summed E-state index contributed by atoms with van der Waals surface area (Å²) < 4.78 is 34.4. The van der Waals surface area contributed by atoms with E-state index in [1.165, 1.54) is 37.4 Å². The van der Waals surface area contributed by atoms with Crippen molar-refractivity contribution in [2.24, 2.45) is 0 Å². The molecule has 0 N–H and O–H groups in total. The largest absolute Gasteiger partial charge is 0.493 e. The summed E-state index contributed by atoms with van der Waals surface area (Å²) in [5, 5.41) is 1.05. The molecule has 3 aromatic carbocycles. The van der Waals surface area contributed by atoms with Crippen molar-refractivity contribution in [1.82, 2.24) is 0 Å². The van der Waals surface area contributed by atoms with Crippen LogP contribution in [-0.2, 0) is 0 Å². The Morgan fingerprint density at radius 2 is 1.68 bits per heavy atom. The molecule has 7 nitrogen and oxygen atoms in total. The first-order valence-corrected chi connectivity index (χ1v) is 10.1. The lowest BCUT2D eigenvalue weighted by Gasteiger charge is -2.09. The molecule has 0 spiro atoms. The molecule has 0 saturated carbocycles. The third kappa shape index (κ3) is 3.81. The van der Waals surface area contributed by atoms with Gasteiger partial charge in [0.15, 0.2) is 11.3 Å². The zero-order valence-corrected chi connectivity index (χ0v) is 17.7. The number of para-hydroxylation sites is 1. The highest BCUT2D eigenvalue weighted by Crippen LogP contribution is 2.32. The Hall–Kier alpha value is -4.72. The summed E-state index contributed by atoms with van der Waals surface area (Å²) >= 11 is 0. The quantitative estimate of drug-likeness (QED) is 0.214. The Kier molecular flexibility index (Phi) is 5.18. The fourth-order valence-corrected chi connectivity index (χ4v) is 3.65. The number of carbonyl (C=O) groups excluding carboxylic acids is 1. The molecule has 0 atom stereocenters. The van der Waals surface area contributed by atoms with Crippen LogP contribution in [0.1, 0.15) is 10.4 Å². The molecule has 2 heterocycles. The molecule has 168 valence electrons. The van der Waals surface area contributed by atoms with Crippen molar-refractivity contribution in [1.29, 1.82) is 0 Å². The molecule has 0 aliphatic carbocycles. The fraction of sp³-hybridized carbons (Fsp3) is 0.0385. The van der Waals surface area contributed by atoms with Gasteiger partial charge in [-0.25, -0.2) is 18.8 Å². The number of halogens is 1. The molecule has 0 saturated heterocycles. The van der Waals surface area contributed by atoms with Gasteiger partial charge in [-0.2, -0.15) is 0 Å². The van der Waals surface area contributed by atoms with E-state index in [1.807, 2.05) is 0 Å². The highest BCUT2D eigenvalue weighted by atomic mass is 19.1. The maximum atomic E-state index is 13.1. The van der Waals surface area contributed by atoms with Gasteiger partial charge >= 0.3 is 17.2 Å². The molecule has 0 bridgehead atoms. The van der Waals surface area contributed by atoms with E-state index in [2.05, 4.69) is 0 Å². The summed E-state index contributed by atoms with van der Waals surface area (Å²) in [5.41, 5.74) is -0.333. The lowest BCUT2D eigenvalue weighted by Crippen LogP contribution is -2.09. The smallest absolute Gasteiger partial charge is 0.344 e. The molecule has 34 heavy (non-hydrogen) atoms. The van der Waals surface area contributed by atoms with E-state index in [4.69, 9.17) is 18.3 Å². The summed E-state index contributed by atoms with van der Waals surface area (Å²) in [6, 6.07) is 17.3. The van der Waals surface area contributed by atoms with E-state index in [-0.39, 0.29) is 22.5 Å². The van der Waals surface area contributed by atoms with Crippen molar-refractivity contribution in [3.63, 3.8) is 0 Å². The second kappa shape index (κ2) is 8.32. The molecular formula is C26H15FO7. The van der Waals surface area contributed by atoms with Gasteiger partial charge in [-0.15, -0.1) is 0 Å². The first-order chi connectivity index (χ1) is 16.4. The van der Waals surface area contributed by atoms with Crippen molar-refractivity contribution >= 4 is 27.9 Å². The molecule has 5 aromatic rings. The number of hydrogen-bond acceptors (Lipinski definition) is 7. The van der Waals surface area contributed by atoms with E-state index in [1.54, 1.807) is 30.3 Å². The van der Waals surface area contributed by atoms with Crippen LogP contribution >= 0.6 is 0 Å². The zero-order valence-electron chi connectivity index (χ0n) is 17.7. The molecule has 0 aliphatic heterocycles. The average Bonchev–Trinajstić information content (AvgIpc) is 2.83. The summed E-state index contributed by atoms with van der Waals surface area (Å²) in [4.78, 5) is 37.4. The van der Waals surface area contributed by atoms with Gasteiger partial charge in [0.1, 0.15) is 17.1 Å². The van der Waals surface area contributed by atoms with Crippen LogP contribution in [0.3, 0.4) is 0 Å². The van der Waals surface area contributed by atoms with Crippen LogP contribution in [0.2, 0.25) is 0 Å². The van der Waals surface area contributed by atoms with Gasteiger partial charge < -0.3 is 18.3 Å². The van der Waals surface area contributed by atoms with E-state index < -0.39 is 23.0 Å². The van der Waals surface area contributed by atoms with E-state index in [9.17, 15) is 18.8 Å². The third-order valence-electron chi connectivity index (χ3n) is 5.24. The Morgan fingerprint density at radius 3 is 2.44 bits per heavy atom. The summed E-state index contributed by atoms with van der Waals surface area (Å²) in [5.74, 6) is -0.668. The second-order valence-corrected chi connectivity index (χ2v) is 7.36. The van der Waals surface area contributed by atoms with Crippen molar-refractivity contribution in [2.75, 3.05) is 7.11 Å². The van der Waals surface area contributed by atoms with Gasteiger partial charge in [0.05, 0.1) is 18.2 Å². The minimum atomic E-state index is -0.707. The first kappa shape index (κ1) is 21.1. The molecule has 5 rings (SSSR count). The maximum absolute atomic E-state index is 13.1. The summed E-state index contributed by atoms with van der Waals surface area (Å²) in [7, 11) is 1.47. The van der Waals surface area contributed by atoms with Crippen molar-refractivity contribution in [3.05, 3.63) is 105 Å². The summed E-state index contributed by atoms with van der Waals surface area (Å²) in [6.45, 7) is 0. The Morgan fingerprint density at radius 1 is 0.882 bits per heavy atom. The number of methoxy groups -OCH3 is 1. The van der Waals surface area contributed by atoms with Gasteiger partial charge in [-0.1, -0.05) is 12.1 Å². The van der Waals surface area contributed by atoms with E-state index in [0.29, 0.717) is 27.7 Å². The van der Waals surface area contributed by atoms with Crippen molar-refractivity contribution < 1.29 is 27.5 Å². The number of rotatable bonds is 4. The number of fused-ring (bicyclic) bond motifs is 2. The molecule has 0 radical (unpaired) electrons. The minimum absolute atomic E-state index is 0.108. The van der Waals surface area contributed by atoms with Crippen LogP contribution in [0.5, 0.6) is 11.5 Å². The fourth-order valence-electron chi connectivity index (χ4n) is 3.65. The predicted octanol–water partition coefficient (Wildman–Crippen LogP) is 4.93. The Balaban J connectivity index is 1.59. The molecule has 0 amide bonds. The SMILES string of the molecule is COc1cccc2cc(-c3cc(=O)oc4cc(OC(=O)c5ccc(F)cc5)ccc34)c(=O)oc12. The van der Waals surface area contributed by atoms with Gasteiger partial charge in [0.25, 0.3) is 0 Å². The second-order valence-electron chi connectivity index (χ2n) is 7.36. The first-order valence-electron chi connectivity index (χ1n) is 10.1. The van der Waals surface area contributed by atoms with Crippen LogP contribution in [0, 0.1) is 5.82 Å². The topological polar surface area (TPSA) is 96.0 Å². The number of carbonyl (C=O) groups is 1. The van der Waals surface area contributed by atoms with Crippen LogP contribution in [0.25, 0.3) is 33.1 Å². The standard InChI is InChI=1S/C26H15FO7/c1-31-21-4-2-3-15-11-20(26(30)34-24(15)21)19-13-23(28)33-22-12-17(9-10-18(19)22)32-25(29)14-5-7-16(27)8-6-14/h2-13H,1H3. The monoisotopic (exact) mass is 458 g/mol. The van der Waals surface area contributed by atoms with Crippen LogP contribution < -0.4 is 20.7 Å². The van der Waals surface area contributed by atoms with Crippen LogP contribution in [-0.4, -0.2) is 13.1 Å². The van der Waals surface area contributed by atoms with E-state index >= 15 is 0 Å². The zero-order chi connectivity index (χ0) is 23.8. The third-order valence-corrected chi connectivity index (χ3v) is 5.24. The molecule has 8 heteroatoms. The van der Waals surface area contributed by atoms with E-state index in [0.717, 1.165) is 12.1 Å². The van der Waals surface area contributed by atoms with Crippen molar-refractivity contribution in [3.8, 4) is 22.6 Å². The maximum Gasteiger partial charge on any atom is 0.344 e. The Bertz CT molecular complexity index is 1680. The molecular weight excluding hydrogens is 443 g/mol. The lowest BCUT2D eigenvalue weighted by atomic mass is 10.0.